The van der Waals surface area contributed by atoms with E-state index in [0.717, 1.165) is 89.5 Å². The predicted octanol–water partition coefficient (Wildman–Crippen LogP) is 9.24. The number of para-hydroxylation sites is 5. The van der Waals surface area contributed by atoms with Crippen molar-refractivity contribution in [3.05, 3.63) is 121 Å². The molecule has 10 rings (SSSR count). The molecule has 1 aliphatic heterocycles. The highest BCUT2D eigenvalue weighted by atomic mass is 32.1. The van der Waals surface area contributed by atoms with Gasteiger partial charge in [-0.25, -0.2) is 15.0 Å². The Morgan fingerprint density at radius 3 is 2.52 bits per heavy atom. The molecular formula is C37H25N7OS. The maximum atomic E-state index is 6.39. The maximum absolute atomic E-state index is 6.39. The van der Waals surface area contributed by atoms with E-state index >= 15 is 0 Å². The fourth-order valence-corrected chi connectivity index (χ4v) is 7.71. The molecule has 0 spiro atoms. The van der Waals surface area contributed by atoms with Crippen molar-refractivity contribution >= 4 is 71.8 Å². The van der Waals surface area contributed by atoms with Gasteiger partial charge in [0.25, 0.3) is 0 Å². The average Bonchev–Trinajstić information content (AvgIpc) is 3.93. The van der Waals surface area contributed by atoms with E-state index in [0.29, 0.717) is 5.89 Å². The number of rotatable bonds is 5. The zero-order chi connectivity index (χ0) is 30.2. The standard InChI is InChI=1S/C37H25N7OS/c1-3-11-25-23(10-1)21-32(38-25)44(43-20-19-22-9-2-6-14-29(22)43)35-34-28(41-42-35)18-17-24(36-39-26-12-4-7-15-30(26)45-36)33(34)37-40-27-13-5-8-16-31(27)46-37/h1-18,21,38H,19-20H2,(H,41,42). The Balaban J connectivity index is 1.28. The Kier molecular flexibility index (Phi) is 5.40. The third-order valence-electron chi connectivity index (χ3n) is 8.79. The predicted molar refractivity (Wildman–Crippen MR) is 186 cm³/mol. The van der Waals surface area contributed by atoms with Crippen molar-refractivity contribution < 1.29 is 4.42 Å². The molecule has 0 atom stereocenters. The minimum absolute atomic E-state index is 0.549. The van der Waals surface area contributed by atoms with Crippen molar-refractivity contribution in [3.63, 3.8) is 0 Å². The second-order valence-electron chi connectivity index (χ2n) is 11.5. The molecule has 9 heteroatoms. The number of anilines is 3. The van der Waals surface area contributed by atoms with Crippen molar-refractivity contribution in [3.8, 4) is 22.0 Å². The highest BCUT2D eigenvalue weighted by molar-refractivity contribution is 7.21. The molecule has 0 bridgehead atoms. The number of hydrogen-bond acceptors (Lipinski definition) is 7. The number of oxazole rings is 1. The van der Waals surface area contributed by atoms with E-state index in [-0.39, 0.29) is 0 Å². The minimum atomic E-state index is 0.549. The third kappa shape index (κ3) is 3.82. The van der Waals surface area contributed by atoms with Gasteiger partial charge < -0.3 is 9.40 Å². The second-order valence-corrected chi connectivity index (χ2v) is 12.5. The summed E-state index contributed by atoms with van der Waals surface area (Å²) in [6, 6.07) is 39.4. The Morgan fingerprint density at radius 1 is 0.783 bits per heavy atom. The van der Waals surface area contributed by atoms with E-state index in [1.807, 2.05) is 30.3 Å². The van der Waals surface area contributed by atoms with Crippen LogP contribution in [0.3, 0.4) is 0 Å². The summed E-state index contributed by atoms with van der Waals surface area (Å²) in [4.78, 5) is 13.8. The summed E-state index contributed by atoms with van der Waals surface area (Å²) in [7, 11) is 0. The van der Waals surface area contributed by atoms with Crippen LogP contribution in [0.4, 0.5) is 17.3 Å². The molecule has 0 unspecified atom stereocenters. The van der Waals surface area contributed by atoms with Gasteiger partial charge in [0.05, 0.1) is 26.8 Å². The molecule has 0 fully saturated rings. The lowest BCUT2D eigenvalue weighted by Crippen LogP contribution is -2.39. The number of aromatic nitrogens is 5. The van der Waals surface area contributed by atoms with Crippen LogP contribution in [0.2, 0.25) is 0 Å². The summed E-state index contributed by atoms with van der Waals surface area (Å²) in [5.41, 5.74) is 8.74. The van der Waals surface area contributed by atoms with Gasteiger partial charge in [0.15, 0.2) is 11.4 Å². The van der Waals surface area contributed by atoms with Gasteiger partial charge in [0, 0.05) is 28.6 Å². The van der Waals surface area contributed by atoms with Crippen LogP contribution in [0.1, 0.15) is 5.56 Å². The number of nitrogens with zero attached hydrogens (tertiary/aromatic N) is 5. The summed E-state index contributed by atoms with van der Waals surface area (Å²) in [5, 5.41) is 15.9. The molecule has 0 amide bonds. The fourth-order valence-electron chi connectivity index (χ4n) is 6.68. The second kappa shape index (κ2) is 9.79. The largest absolute Gasteiger partial charge is 0.436 e. The van der Waals surface area contributed by atoms with E-state index < -0.39 is 0 Å². The molecule has 0 saturated carbocycles. The van der Waals surface area contributed by atoms with Crippen LogP contribution in [0.5, 0.6) is 0 Å². The third-order valence-corrected chi connectivity index (χ3v) is 9.85. The number of fused-ring (bicyclic) bond motifs is 5. The van der Waals surface area contributed by atoms with Gasteiger partial charge in [-0.15, -0.1) is 11.3 Å². The average molecular weight is 616 g/mol. The first-order valence-electron chi connectivity index (χ1n) is 15.2. The molecule has 2 N–H and O–H groups in total. The van der Waals surface area contributed by atoms with Gasteiger partial charge in [-0.3, -0.25) is 10.1 Å². The number of aromatic amines is 2. The van der Waals surface area contributed by atoms with Crippen LogP contribution in [-0.2, 0) is 6.42 Å². The van der Waals surface area contributed by atoms with Crippen LogP contribution in [0, 0.1) is 0 Å². The first-order valence-corrected chi connectivity index (χ1v) is 16.1. The smallest absolute Gasteiger partial charge is 0.228 e. The van der Waals surface area contributed by atoms with E-state index in [4.69, 9.17) is 19.5 Å². The number of H-pyrrole nitrogens is 2. The van der Waals surface area contributed by atoms with Crippen LogP contribution in [-0.4, -0.2) is 31.7 Å². The lowest BCUT2D eigenvalue weighted by molar-refractivity contribution is 0.620. The quantitative estimate of drug-likeness (QED) is 0.201. The van der Waals surface area contributed by atoms with Crippen molar-refractivity contribution in [2.75, 3.05) is 16.6 Å². The van der Waals surface area contributed by atoms with Crippen molar-refractivity contribution in [1.82, 2.24) is 25.1 Å². The topological polar surface area (TPSA) is 89.9 Å². The Hall–Kier alpha value is -5.93. The molecule has 5 heterocycles. The number of benzene rings is 5. The van der Waals surface area contributed by atoms with Crippen molar-refractivity contribution in [2.45, 2.75) is 6.42 Å². The van der Waals surface area contributed by atoms with E-state index in [1.54, 1.807) is 11.3 Å². The van der Waals surface area contributed by atoms with Crippen LogP contribution in [0.15, 0.2) is 120 Å². The minimum Gasteiger partial charge on any atom is -0.436 e. The van der Waals surface area contributed by atoms with Gasteiger partial charge in [-0.05, 0) is 66.6 Å². The number of hydrazine groups is 1. The molecule has 220 valence electrons. The monoisotopic (exact) mass is 615 g/mol. The highest BCUT2D eigenvalue weighted by Crippen LogP contribution is 2.47. The van der Waals surface area contributed by atoms with E-state index in [2.05, 4.69) is 105 Å². The Morgan fingerprint density at radius 2 is 1.61 bits per heavy atom. The first kappa shape index (κ1) is 25.4. The lowest BCUT2D eigenvalue weighted by Gasteiger charge is -2.33. The number of nitrogens with one attached hydrogen (secondary N) is 2. The summed E-state index contributed by atoms with van der Waals surface area (Å²) < 4.78 is 7.51. The van der Waals surface area contributed by atoms with Gasteiger partial charge in [0.2, 0.25) is 5.89 Å². The molecule has 1 aliphatic rings. The number of hydrogen-bond donors (Lipinski definition) is 2. The summed E-state index contributed by atoms with van der Waals surface area (Å²) in [6.45, 7) is 0.810. The summed E-state index contributed by atoms with van der Waals surface area (Å²) in [6.07, 6.45) is 0.939. The Bertz CT molecular complexity index is 2490. The Labute approximate surface area is 266 Å². The number of thiazole rings is 1. The SMILES string of the molecule is c1ccc2c(c1)CCN2N(c1cc2ccccc2[nH]1)c1n[nH]c2ccc(-c3nc4ccccc4o3)c(-c3nc4ccccc4s3)c12. The molecule has 0 saturated heterocycles. The molecule has 5 aromatic carbocycles. The molecule has 46 heavy (non-hydrogen) atoms. The molecule has 4 aromatic heterocycles. The van der Waals surface area contributed by atoms with E-state index in [1.165, 1.54) is 5.56 Å². The zero-order valence-electron chi connectivity index (χ0n) is 24.4. The summed E-state index contributed by atoms with van der Waals surface area (Å²) >= 11 is 1.66. The van der Waals surface area contributed by atoms with E-state index in [9.17, 15) is 0 Å². The maximum Gasteiger partial charge on any atom is 0.228 e. The lowest BCUT2D eigenvalue weighted by atomic mass is 10.0. The van der Waals surface area contributed by atoms with Gasteiger partial charge in [-0.2, -0.15) is 5.10 Å². The normalized spacial score (nSPS) is 13.0. The molecule has 0 radical (unpaired) electrons. The summed E-state index contributed by atoms with van der Waals surface area (Å²) in [5.74, 6) is 2.24. The molecule has 8 nitrogen and oxygen atoms in total. The van der Waals surface area contributed by atoms with Crippen molar-refractivity contribution in [1.29, 1.82) is 0 Å². The van der Waals surface area contributed by atoms with Crippen LogP contribution in [0.25, 0.3) is 65.1 Å². The molecule has 0 aliphatic carbocycles. The van der Waals surface area contributed by atoms with Gasteiger partial charge >= 0.3 is 0 Å². The fraction of sp³-hybridized carbons (Fsp3) is 0.0541. The van der Waals surface area contributed by atoms with Crippen LogP contribution >= 0.6 is 11.3 Å². The first-order chi connectivity index (χ1) is 22.8. The van der Waals surface area contributed by atoms with Gasteiger partial charge in [-0.1, -0.05) is 60.7 Å². The molecule has 9 aromatic rings. The highest BCUT2D eigenvalue weighted by Gasteiger charge is 2.32. The van der Waals surface area contributed by atoms with Gasteiger partial charge in [0.1, 0.15) is 16.3 Å². The zero-order valence-corrected chi connectivity index (χ0v) is 25.3. The van der Waals surface area contributed by atoms with Crippen LogP contribution < -0.4 is 10.0 Å². The molecular weight excluding hydrogens is 591 g/mol. The van der Waals surface area contributed by atoms with Crippen molar-refractivity contribution in [2.24, 2.45) is 0 Å².